The Morgan fingerprint density at radius 2 is 1.90 bits per heavy atom. The number of hydrogen-bond donors (Lipinski definition) is 0. The molecule has 6 heteroatoms. The summed E-state index contributed by atoms with van der Waals surface area (Å²) in [5, 5.41) is 1.15. The molecule has 0 aliphatic carbocycles. The lowest BCUT2D eigenvalue weighted by molar-refractivity contribution is 0.297. The van der Waals surface area contributed by atoms with Gasteiger partial charge in [-0.15, -0.1) is 0 Å². The van der Waals surface area contributed by atoms with E-state index in [4.69, 9.17) is 27.9 Å². The summed E-state index contributed by atoms with van der Waals surface area (Å²) >= 11 is 12.2. The fraction of sp³-hybridized carbons (Fsp3) is 0.143. The van der Waals surface area contributed by atoms with Gasteiger partial charge in [-0.2, -0.15) is 0 Å². The third-order valence-corrected chi connectivity index (χ3v) is 3.73. The molecule has 0 saturated carbocycles. The minimum atomic E-state index is 0.251. The van der Waals surface area contributed by atoms with Crippen LogP contribution in [0.3, 0.4) is 0 Å². The van der Waals surface area contributed by atoms with Crippen LogP contribution in [0.25, 0.3) is 11.0 Å². The molecule has 0 aliphatic heterocycles. The summed E-state index contributed by atoms with van der Waals surface area (Å²) in [5.74, 6) is 0.471. The minimum absolute atomic E-state index is 0.251. The van der Waals surface area contributed by atoms with Gasteiger partial charge < -0.3 is 9.30 Å². The number of ether oxygens (including phenoxy) is 1. The second kappa shape index (κ2) is 5.31. The molecule has 0 atom stereocenters. The van der Waals surface area contributed by atoms with E-state index >= 15 is 0 Å². The lowest BCUT2D eigenvalue weighted by atomic mass is 10.2. The number of halogens is 2. The van der Waals surface area contributed by atoms with Gasteiger partial charge in [-0.3, -0.25) is 0 Å². The second-order valence-corrected chi connectivity index (χ2v) is 5.14. The lowest BCUT2D eigenvalue weighted by Gasteiger charge is -2.09. The summed E-state index contributed by atoms with van der Waals surface area (Å²) in [5.41, 5.74) is 2.42. The van der Waals surface area contributed by atoms with Gasteiger partial charge in [0, 0.05) is 28.9 Å². The van der Waals surface area contributed by atoms with Crippen molar-refractivity contribution in [2.45, 2.75) is 6.61 Å². The average molecular weight is 308 g/mol. The van der Waals surface area contributed by atoms with Crippen molar-refractivity contribution >= 4 is 34.2 Å². The lowest BCUT2D eigenvalue weighted by Crippen LogP contribution is -1.99. The van der Waals surface area contributed by atoms with Crippen molar-refractivity contribution in [1.29, 1.82) is 0 Å². The van der Waals surface area contributed by atoms with E-state index in [9.17, 15) is 0 Å². The molecule has 0 saturated heterocycles. The largest absolute Gasteiger partial charge is 0.471 e. The van der Waals surface area contributed by atoms with Crippen molar-refractivity contribution in [3.8, 4) is 5.88 Å². The number of aryl methyl sites for hydroxylation is 1. The number of fused-ring (bicyclic) bond motifs is 1. The zero-order chi connectivity index (χ0) is 14.1. The summed E-state index contributed by atoms with van der Waals surface area (Å²) < 4.78 is 7.63. The van der Waals surface area contributed by atoms with E-state index in [1.54, 1.807) is 30.7 Å². The molecule has 3 aromatic rings. The Kier molecular flexibility index (Phi) is 3.51. The Labute approximate surface area is 125 Å². The SMILES string of the molecule is Cn1cnc2c(OCc3c(Cl)cccc3Cl)nccc21. The number of benzene rings is 1. The maximum Gasteiger partial charge on any atom is 0.242 e. The molecule has 0 amide bonds. The molecule has 3 rings (SSSR count). The zero-order valence-corrected chi connectivity index (χ0v) is 12.2. The van der Waals surface area contributed by atoms with Gasteiger partial charge in [0.25, 0.3) is 0 Å². The maximum absolute atomic E-state index is 6.11. The summed E-state index contributed by atoms with van der Waals surface area (Å²) in [6.45, 7) is 0.251. The van der Waals surface area contributed by atoms with Crippen LogP contribution in [0.15, 0.2) is 36.8 Å². The van der Waals surface area contributed by atoms with Crippen molar-refractivity contribution in [2.75, 3.05) is 0 Å². The van der Waals surface area contributed by atoms with Crippen LogP contribution in [0.5, 0.6) is 5.88 Å². The molecule has 0 fully saturated rings. The Morgan fingerprint density at radius 1 is 1.15 bits per heavy atom. The Balaban J connectivity index is 1.91. The van der Waals surface area contributed by atoms with Gasteiger partial charge in [0.05, 0.1) is 11.8 Å². The quantitative estimate of drug-likeness (QED) is 0.738. The third-order valence-electron chi connectivity index (χ3n) is 3.02. The van der Waals surface area contributed by atoms with Crippen LogP contribution in [0, 0.1) is 0 Å². The zero-order valence-electron chi connectivity index (χ0n) is 10.7. The minimum Gasteiger partial charge on any atom is -0.471 e. The Hall–Kier alpha value is -1.78. The third kappa shape index (κ3) is 2.32. The van der Waals surface area contributed by atoms with Gasteiger partial charge in [0.1, 0.15) is 6.61 Å². The van der Waals surface area contributed by atoms with Gasteiger partial charge in [0.2, 0.25) is 5.88 Å². The maximum atomic E-state index is 6.11. The highest BCUT2D eigenvalue weighted by atomic mass is 35.5. The van der Waals surface area contributed by atoms with Crippen LogP contribution in [0.2, 0.25) is 10.0 Å². The van der Waals surface area contributed by atoms with Gasteiger partial charge in [0.15, 0.2) is 5.52 Å². The van der Waals surface area contributed by atoms with Crippen LogP contribution >= 0.6 is 23.2 Å². The number of aromatic nitrogens is 3. The average Bonchev–Trinajstić information content (AvgIpc) is 2.81. The first-order valence-electron chi connectivity index (χ1n) is 5.98. The van der Waals surface area contributed by atoms with E-state index in [0.29, 0.717) is 15.9 Å². The molecule has 2 heterocycles. The highest BCUT2D eigenvalue weighted by molar-refractivity contribution is 6.35. The van der Waals surface area contributed by atoms with E-state index in [0.717, 1.165) is 16.6 Å². The number of imidazole rings is 1. The van der Waals surface area contributed by atoms with Crippen molar-refractivity contribution in [3.05, 3.63) is 52.4 Å². The number of pyridine rings is 1. The molecule has 4 nitrogen and oxygen atoms in total. The van der Waals surface area contributed by atoms with Gasteiger partial charge in [-0.25, -0.2) is 9.97 Å². The molecule has 0 spiro atoms. The second-order valence-electron chi connectivity index (χ2n) is 4.33. The number of hydrogen-bond acceptors (Lipinski definition) is 3. The van der Waals surface area contributed by atoms with Gasteiger partial charge in [-0.05, 0) is 18.2 Å². The van der Waals surface area contributed by atoms with E-state index in [1.807, 2.05) is 17.7 Å². The van der Waals surface area contributed by atoms with Crippen LogP contribution in [0.1, 0.15) is 5.56 Å². The highest BCUT2D eigenvalue weighted by Crippen LogP contribution is 2.27. The van der Waals surface area contributed by atoms with Crippen LogP contribution < -0.4 is 4.74 Å². The van der Waals surface area contributed by atoms with Crippen LogP contribution in [-0.2, 0) is 13.7 Å². The van der Waals surface area contributed by atoms with E-state index in [1.165, 1.54) is 0 Å². The molecule has 2 aromatic heterocycles. The number of rotatable bonds is 3. The van der Waals surface area contributed by atoms with Gasteiger partial charge >= 0.3 is 0 Å². The molecule has 1 aromatic carbocycles. The molecule has 0 N–H and O–H groups in total. The molecule has 102 valence electrons. The fourth-order valence-electron chi connectivity index (χ4n) is 1.95. The van der Waals surface area contributed by atoms with Crippen LogP contribution in [-0.4, -0.2) is 14.5 Å². The van der Waals surface area contributed by atoms with E-state index < -0.39 is 0 Å². The molecule has 0 unspecified atom stereocenters. The molecule has 0 bridgehead atoms. The van der Waals surface area contributed by atoms with Crippen molar-refractivity contribution in [3.63, 3.8) is 0 Å². The standard InChI is InChI=1S/C14H11Cl2N3O/c1-19-8-18-13-12(19)5-6-17-14(13)20-7-9-10(15)3-2-4-11(9)16/h2-6,8H,7H2,1H3. The Morgan fingerprint density at radius 3 is 2.65 bits per heavy atom. The van der Waals surface area contributed by atoms with E-state index in [-0.39, 0.29) is 6.61 Å². The highest BCUT2D eigenvalue weighted by Gasteiger charge is 2.11. The predicted molar refractivity (Wildman–Crippen MR) is 79.3 cm³/mol. The summed E-state index contributed by atoms with van der Waals surface area (Å²) in [6, 6.07) is 7.24. The first-order valence-corrected chi connectivity index (χ1v) is 6.74. The summed E-state index contributed by atoms with van der Waals surface area (Å²) in [7, 11) is 1.92. The molecular weight excluding hydrogens is 297 g/mol. The first kappa shape index (κ1) is 13.2. The van der Waals surface area contributed by atoms with Crippen molar-refractivity contribution in [2.24, 2.45) is 7.05 Å². The van der Waals surface area contributed by atoms with Crippen LogP contribution in [0.4, 0.5) is 0 Å². The Bertz CT molecular complexity index is 750. The fourth-order valence-corrected chi connectivity index (χ4v) is 2.46. The molecule has 0 aliphatic rings. The topological polar surface area (TPSA) is 39.9 Å². The predicted octanol–water partition coefficient (Wildman–Crippen LogP) is 3.85. The van der Waals surface area contributed by atoms with Crippen molar-refractivity contribution in [1.82, 2.24) is 14.5 Å². The van der Waals surface area contributed by atoms with Gasteiger partial charge in [-0.1, -0.05) is 29.3 Å². The number of nitrogens with zero attached hydrogens (tertiary/aromatic N) is 3. The molecule has 20 heavy (non-hydrogen) atoms. The summed E-state index contributed by atoms with van der Waals surface area (Å²) in [4.78, 5) is 8.50. The molecule has 0 radical (unpaired) electrons. The monoisotopic (exact) mass is 307 g/mol. The summed E-state index contributed by atoms with van der Waals surface area (Å²) in [6.07, 6.45) is 3.41. The van der Waals surface area contributed by atoms with Crippen molar-refractivity contribution < 1.29 is 4.74 Å². The molecular formula is C14H11Cl2N3O. The van der Waals surface area contributed by atoms with E-state index in [2.05, 4.69) is 9.97 Å². The normalized spacial score (nSPS) is 10.9. The first-order chi connectivity index (χ1) is 9.66. The smallest absolute Gasteiger partial charge is 0.242 e.